The molecule has 0 saturated heterocycles. The fraction of sp³-hybridized carbons (Fsp3) is 0.579. The predicted molar refractivity (Wildman–Crippen MR) is 93.9 cm³/mol. The van der Waals surface area contributed by atoms with E-state index in [4.69, 9.17) is 0 Å². The SMILES string of the molecule is CN(CC(O)C1CC1)C(=O)c1ccc(C(=O)NCC(C)(C)C)cc1. The molecule has 24 heavy (non-hydrogen) atoms. The van der Waals surface area contributed by atoms with Crippen molar-refractivity contribution in [2.45, 2.75) is 39.7 Å². The second-order valence-corrected chi connectivity index (χ2v) is 7.91. The number of rotatable bonds is 6. The molecule has 132 valence electrons. The summed E-state index contributed by atoms with van der Waals surface area (Å²) < 4.78 is 0. The molecule has 5 heteroatoms. The summed E-state index contributed by atoms with van der Waals surface area (Å²) in [4.78, 5) is 26.0. The summed E-state index contributed by atoms with van der Waals surface area (Å²) in [5.74, 6) is 0.0620. The molecule has 5 nitrogen and oxygen atoms in total. The molecule has 2 N–H and O–H groups in total. The molecule has 1 aliphatic rings. The van der Waals surface area contributed by atoms with E-state index < -0.39 is 6.10 Å². The van der Waals surface area contributed by atoms with Crippen LogP contribution in [-0.2, 0) is 0 Å². The highest BCUT2D eigenvalue weighted by Crippen LogP contribution is 2.32. The molecule has 0 bridgehead atoms. The minimum atomic E-state index is -0.443. The lowest BCUT2D eigenvalue weighted by Crippen LogP contribution is -2.35. The van der Waals surface area contributed by atoms with Crippen molar-refractivity contribution in [1.29, 1.82) is 0 Å². The minimum Gasteiger partial charge on any atom is -0.391 e. The molecule has 2 rings (SSSR count). The monoisotopic (exact) mass is 332 g/mol. The van der Waals surface area contributed by atoms with Crippen molar-refractivity contribution in [2.24, 2.45) is 11.3 Å². The molecular weight excluding hydrogens is 304 g/mol. The summed E-state index contributed by atoms with van der Waals surface area (Å²) in [6, 6.07) is 6.65. The zero-order valence-electron chi connectivity index (χ0n) is 15.0. The maximum Gasteiger partial charge on any atom is 0.253 e. The van der Waals surface area contributed by atoms with Crippen LogP contribution in [0.15, 0.2) is 24.3 Å². The molecule has 1 aromatic rings. The Balaban J connectivity index is 1.92. The second kappa shape index (κ2) is 7.34. The first-order chi connectivity index (χ1) is 11.2. The maximum atomic E-state index is 12.4. The average Bonchev–Trinajstić information content (AvgIpc) is 3.36. The van der Waals surface area contributed by atoms with E-state index in [0.717, 1.165) is 12.8 Å². The van der Waals surface area contributed by atoms with Gasteiger partial charge in [0.05, 0.1) is 6.10 Å². The summed E-state index contributed by atoms with van der Waals surface area (Å²) in [6.45, 7) is 7.11. The lowest BCUT2D eigenvalue weighted by Gasteiger charge is -2.21. The third-order valence-corrected chi connectivity index (χ3v) is 4.15. The summed E-state index contributed by atoms with van der Waals surface area (Å²) in [7, 11) is 1.69. The Hall–Kier alpha value is -1.88. The van der Waals surface area contributed by atoms with Crippen LogP contribution in [0.2, 0.25) is 0 Å². The Bertz CT molecular complexity index is 586. The van der Waals surface area contributed by atoms with Crippen LogP contribution in [0, 0.1) is 11.3 Å². The summed E-state index contributed by atoms with van der Waals surface area (Å²) in [6.07, 6.45) is 1.64. The normalized spacial score (nSPS) is 15.7. The smallest absolute Gasteiger partial charge is 0.253 e. The highest BCUT2D eigenvalue weighted by Gasteiger charge is 2.31. The van der Waals surface area contributed by atoms with Gasteiger partial charge in [-0.25, -0.2) is 0 Å². The molecule has 0 radical (unpaired) electrons. The number of hydrogen-bond acceptors (Lipinski definition) is 3. The van der Waals surface area contributed by atoms with Crippen LogP contribution in [0.5, 0.6) is 0 Å². The number of hydrogen-bond donors (Lipinski definition) is 2. The van der Waals surface area contributed by atoms with Crippen LogP contribution in [-0.4, -0.2) is 48.1 Å². The zero-order valence-corrected chi connectivity index (χ0v) is 15.0. The zero-order chi connectivity index (χ0) is 17.9. The number of carbonyl (C=O) groups excluding carboxylic acids is 2. The van der Waals surface area contributed by atoms with Gasteiger partial charge in [0, 0.05) is 31.3 Å². The molecule has 0 aliphatic heterocycles. The standard InChI is InChI=1S/C19H28N2O3/c1-19(2,3)12-20-17(23)14-7-9-15(10-8-14)18(24)21(4)11-16(22)13-5-6-13/h7-10,13,16,22H,5-6,11-12H2,1-4H3,(H,20,23). The summed E-state index contributed by atoms with van der Waals surface area (Å²) in [5, 5.41) is 12.8. The Kier molecular flexibility index (Phi) is 5.65. The van der Waals surface area contributed by atoms with Gasteiger partial charge in [0.2, 0.25) is 0 Å². The van der Waals surface area contributed by atoms with Crippen molar-refractivity contribution in [3.63, 3.8) is 0 Å². The number of nitrogens with zero attached hydrogens (tertiary/aromatic N) is 1. The van der Waals surface area contributed by atoms with Gasteiger partial charge in [-0.2, -0.15) is 0 Å². The lowest BCUT2D eigenvalue weighted by molar-refractivity contribution is 0.0645. The van der Waals surface area contributed by atoms with Gasteiger partial charge in [0.1, 0.15) is 0 Å². The number of benzene rings is 1. The van der Waals surface area contributed by atoms with Crippen LogP contribution < -0.4 is 5.32 Å². The Morgan fingerprint density at radius 2 is 1.75 bits per heavy atom. The van der Waals surface area contributed by atoms with E-state index in [0.29, 0.717) is 30.1 Å². The molecule has 0 spiro atoms. The number of likely N-dealkylation sites (N-methyl/N-ethyl adjacent to an activating group) is 1. The van der Waals surface area contributed by atoms with Crippen LogP contribution in [0.25, 0.3) is 0 Å². The first kappa shape index (κ1) is 18.5. The molecule has 0 aromatic heterocycles. The first-order valence-corrected chi connectivity index (χ1v) is 8.49. The van der Waals surface area contributed by atoms with Gasteiger partial charge in [0.25, 0.3) is 11.8 Å². The van der Waals surface area contributed by atoms with Gasteiger partial charge in [0.15, 0.2) is 0 Å². The number of nitrogens with one attached hydrogen (secondary N) is 1. The quantitative estimate of drug-likeness (QED) is 0.840. The van der Waals surface area contributed by atoms with Crippen molar-refractivity contribution >= 4 is 11.8 Å². The van der Waals surface area contributed by atoms with Gasteiger partial charge in [-0.15, -0.1) is 0 Å². The molecule has 0 heterocycles. The van der Waals surface area contributed by atoms with E-state index in [9.17, 15) is 14.7 Å². The highest BCUT2D eigenvalue weighted by molar-refractivity contribution is 5.97. The molecule has 1 fully saturated rings. The van der Waals surface area contributed by atoms with Gasteiger partial charge in [-0.1, -0.05) is 20.8 Å². The molecule has 1 aliphatic carbocycles. The number of carbonyl (C=O) groups is 2. The van der Waals surface area contributed by atoms with Gasteiger partial charge >= 0.3 is 0 Å². The predicted octanol–water partition coefficient (Wildman–Crippen LogP) is 2.31. The number of amides is 2. The largest absolute Gasteiger partial charge is 0.391 e. The van der Waals surface area contributed by atoms with Crippen molar-refractivity contribution in [2.75, 3.05) is 20.1 Å². The van der Waals surface area contributed by atoms with Crippen LogP contribution >= 0.6 is 0 Å². The summed E-state index contributed by atoms with van der Waals surface area (Å²) >= 11 is 0. The van der Waals surface area contributed by atoms with Crippen molar-refractivity contribution < 1.29 is 14.7 Å². The fourth-order valence-electron chi connectivity index (χ4n) is 2.43. The van der Waals surface area contributed by atoms with E-state index in [1.807, 2.05) is 0 Å². The van der Waals surface area contributed by atoms with Crippen LogP contribution in [0.1, 0.15) is 54.3 Å². The first-order valence-electron chi connectivity index (χ1n) is 8.49. The van der Waals surface area contributed by atoms with Crippen molar-refractivity contribution in [3.05, 3.63) is 35.4 Å². The molecule has 2 amide bonds. The Morgan fingerprint density at radius 1 is 1.21 bits per heavy atom. The Labute approximate surface area is 144 Å². The Morgan fingerprint density at radius 3 is 2.25 bits per heavy atom. The van der Waals surface area contributed by atoms with Crippen LogP contribution in [0.3, 0.4) is 0 Å². The van der Waals surface area contributed by atoms with Gasteiger partial charge < -0.3 is 15.3 Å². The van der Waals surface area contributed by atoms with E-state index >= 15 is 0 Å². The molecule has 1 saturated carbocycles. The van der Waals surface area contributed by atoms with Gasteiger partial charge in [-0.05, 0) is 48.4 Å². The number of aliphatic hydroxyl groups excluding tert-OH is 1. The van der Waals surface area contributed by atoms with E-state index in [1.54, 1.807) is 31.3 Å². The third kappa shape index (κ3) is 5.34. The average molecular weight is 332 g/mol. The molecule has 1 unspecified atom stereocenters. The molecular formula is C19H28N2O3. The molecule has 1 aromatic carbocycles. The van der Waals surface area contributed by atoms with E-state index in [1.165, 1.54) is 4.90 Å². The molecule has 1 atom stereocenters. The maximum absolute atomic E-state index is 12.4. The number of aliphatic hydroxyl groups is 1. The summed E-state index contributed by atoms with van der Waals surface area (Å²) in [5.41, 5.74) is 1.08. The van der Waals surface area contributed by atoms with Crippen molar-refractivity contribution in [1.82, 2.24) is 10.2 Å². The van der Waals surface area contributed by atoms with Gasteiger partial charge in [-0.3, -0.25) is 9.59 Å². The lowest BCUT2D eigenvalue weighted by atomic mass is 9.97. The van der Waals surface area contributed by atoms with E-state index in [-0.39, 0.29) is 17.2 Å². The fourth-order valence-corrected chi connectivity index (χ4v) is 2.43. The third-order valence-electron chi connectivity index (χ3n) is 4.15. The van der Waals surface area contributed by atoms with Crippen molar-refractivity contribution in [3.8, 4) is 0 Å². The van der Waals surface area contributed by atoms with E-state index in [2.05, 4.69) is 26.1 Å². The minimum absolute atomic E-state index is 0.0245. The highest BCUT2D eigenvalue weighted by atomic mass is 16.3. The van der Waals surface area contributed by atoms with Crippen LogP contribution in [0.4, 0.5) is 0 Å². The second-order valence-electron chi connectivity index (χ2n) is 7.91. The topological polar surface area (TPSA) is 69.6 Å².